The van der Waals surface area contributed by atoms with Crippen molar-refractivity contribution in [2.75, 3.05) is 13.2 Å². The lowest BCUT2D eigenvalue weighted by Crippen LogP contribution is -2.23. The van der Waals surface area contributed by atoms with E-state index in [1.165, 1.54) is 6.26 Å². The van der Waals surface area contributed by atoms with E-state index in [1.807, 2.05) is 12.1 Å². The number of ether oxygens (including phenoxy) is 2. The van der Waals surface area contributed by atoms with Gasteiger partial charge in [-0.1, -0.05) is 12.1 Å². The summed E-state index contributed by atoms with van der Waals surface area (Å²) in [4.78, 5) is 12.2. The number of para-hydroxylation sites is 1. The van der Waals surface area contributed by atoms with E-state index in [4.69, 9.17) is 13.9 Å². The van der Waals surface area contributed by atoms with Crippen LogP contribution in [0.2, 0.25) is 0 Å². The van der Waals surface area contributed by atoms with E-state index in [0.717, 1.165) is 6.42 Å². The van der Waals surface area contributed by atoms with Gasteiger partial charge in [0.15, 0.2) is 6.29 Å². The number of benzene rings is 1. The van der Waals surface area contributed by atoms with Crippen molar-refractivity contribution in [1.29, 1.82) is 0 Å². The number of hydrogen-bond acceptors (Lipinski definition) is 4. The second kappa shape index (κ2) is 4.31. The maximum absolute atomic E-state index is 12.2. The first-order valence-electron chi connectivity index (χ1n) is 5.60. The zero-order valence-electron chi connectivity index (χ0n) is 9.22. The first kappa shape index (κ1) is 10.5. The molecule has 0 N–H and O–H groups in total. The van der Waals surface area contributed by atoms with E-state index >= 15 is 0 Å². The van der Waals surface area contributed by atoms with Crippen LogP contribution in [0.3, 0.4) is 0 Å². The van der Waals surface area contributed by atoms with Gasteiger partial charge in [0.2, 0.25) is 5.43 Å². The molecular formula is C13H12O4. The van der Waals surface area contributed by atoms with Crippen LogP contribution in [0.4, 0.5) is 0 Å². The Morgan fingerprint density at radius 3 is 2.71 bits per heavy atom. The molecule has 4 nitrogen and oxygen atoms in total. The number of hydrogen-bond donors (Lipinski definition) is 0. The van der Waals surface area contributed by atoms with E-state index in [-0.39, 0.29) is 5.43 Å². The highest BCUT2D eigenvalue weighted by Crippen LogP contribution is 2.22. The third-order valence-corrected chi connectivity index (χ3v) is 2.79. The van der Waals surface area contributed by atoms with Crippen LogP contribution in [0.15, 0.2) is 39.7 Å². The highest BCUT2D eigenvalue weighted by atomic mass is 16.7. The van der Waals surface area contributed by atoms with E-state index in [0.29, 0.717) is 29.7 Å². The Balaban J connectivity index is 2.11. The minimum atomic E-state index is -0.593. The number of rotatable bonds is 1. The first-order chi connectivity index (χ1) is 8.36. The molecule has 0 bridgehead atoms. The van der Waals surface area contributed by atoms with Crippen LogP contribution in [0.25, 0.3) is 11.0 Å². The normalized spacial score (nSPS) is 17.4. The summed E-state index contributed by atoms with van der Waals surface area (Å²) < 4.78 is 16.2. The van der Waals surface area contributed by atoms with Crippen molar-refractivity contribution in [2.45, 2.75) is 12.7 Å². The Morgan fingerprint density at radius 2 is 1.88 bits per heavy atom. The van der Waals surface area contributed by atoms with Gasteiger partial charge in [-0.25, -0.2) is 0 Å². The average molecular weight is 232 g/mol. The van der Waals surface area contributed by atoms with Crippen molar-refractivity contribution in [3.63, 3.8) is 0 Å². The van der Waals surface area contributed by atoms with Gasteiger partial charge >= 0.3 is 0 Å². The molecule has 4 heteroatoms. The minimum absolute atomic E-state index is 0.0845. The van der Waals surface area contributed by atoms with Crippen molar-refractivity contribution in [2.24, 2.45) is 0 Å². The SMILES string of the molecule is O=c1c(C2OCCCO2)coc2ccccc12. The van der Waals surface area contributed by atoms with Crippen LogP contribution in [0.1, 0.15) is 18.3 Å². The van der Waals surface area contributed by atoms with E-state index in [9.17, 15) is 4.79 Å². The molecule has 88 valence electrons. The molecule has 3 rings (SSSR count). The molecule has 17 heavy (non-hydrogen) atoms. The molecule has 1 fully saturated rings. The van der Waals surface area contributed by atoms with Gasteiger partial charge < -0.3 is 13.9 Å². The maximum atomic E-state index is 12.2. The third-order valence-electron chi connectivity index (χ3n) is 2.79. The lowest BCUT2D eigenvalue weighted by molar-refractivity contribution is -0.183. The van der Waals surface area contributed by atoms with Gasteiger partial charge in [-0.15, -0.1) is 0 Å². The van der Waals surface area contributed by atoms with Crippen molar-refractivity contribution in [3.05, 3.63) is 46.3 Å². The molecule has 0 saturated carbocycles. The zero-order valence-corrected chi connectivity index (χ0v) is 9.22. The Labute approximate surface area is 97.8 Å². The first-order valence-corrected chi connectivity index (χ1v) is 5.60. The number of fused-ring (bicyclic) bond motifs is 1. The minimum Gasteiger partial charge on any atom is -0.464 e. The standard InChI is InChI=1S/C13H12O4/c14-12-9-4-1-2-5-11(9)17-8-10(12)13-15-6-3-7-16-13/h1-2,4-5,8,13H,3,6-7H2. The third kappa shape index (κ3) is 1.85. The van der Waals surface area contributed by atoms with E-state index in [2.05, 4.69) is 0 Å². The van der Waals surface area contributed by atoms with Crippen LogP contribution < -0.4 is 5.43 Å². The van der Waals surface area contributed by atoms with Gasteiger partial charge in [-0.3, -0.25) is 4.79 Å². The van der Waals surface area contributed by atoms with Crippen LogP contribution in [0, 0.1) is 0 Å². The molecule has 1 aromatic carbocycles. The summed E-state index contributed by atoms with van der Waals surface area (Å²) in [6.07, 6.45) is 1.69. The molecule has 1 aliphatic heterocycles. The lowest BCUT2D eigenvalue weighted by Gasteiger charge is -2.22. The molecular weight excluding hydrogens is 220 g/mol. The molecule has 0 aliphatic carbocycles. The Bertz CT molecular complexity index is 581. The lowest BCUT2D eigenvalue weighted by atomic mass is 10.1. The maximum Gasteiger partial charge on any atom is 0.200 e. The van der Waals surface area contributed by atoms with E-state index < -0.39 is 6.29 Å². The summed E-state index contributed by atoms with van der Waals surface area (Å²) in [5.74, 6) is 0. The second-order valence-electron chi connectivity index (χ2n) is 3.94. The molecule has 0 unspecified atom stereocenters. The van der Waals surface area contributed by atoms with Crippen LogP contribution in [0.5, 0.6) is 0 Å². The molecule has 2 heterocycles. The van der Waals surface area contributed by atoms with Crippen LogP contribution in [-0.2, 0) is 9.47 Å². The Hall–Kier alpha value is -1.65. The molecule has 0 amide bonds. The molecule has 1 aromatic heterocycles. The summed E-state index contributed by atoms with van der Waals surface area (Å²) in [6, 6.07) is 7.15. The van der Waals surface area contributed by atoms with Gasteiger partial charge in [-0.2, -0.15) is 0 Å². The van der Waals surface area contributed by atoms with Crippen molar-refractivity contribution >= 4 is 11.0 Å². The predicted octanol–water partition coefficient (Wildman–Crippen LogP) is 2.23. The summed E-state index contributed by atoms with van der Waals surface area (Å²) in [5.41, 5.74) is 0.930. The monoisotopic (exact) mass is 232 g/mol. The molecule has 1 saturated heterocycles. The molecule has 1 aliphatic rings. The fourth-order valence-electron chi connectivity index (χ4n) is 1.92. The highest BCUT2D eigenvalue weighted by molar-refractivity contribution is 5.76. The smallest absolute Gasteiger partial charge is 0.200 e. The van der Waals surface area contributed by atoms with Gasteiger partial charge in [0.25, 0.3) is 0 Å². The highest BCUT2D eigenvalue weighted by Gasteiger charge is 2.21. The van der Waals surface area contributed by atoms with E-state index in [1.54, 1.807) is 12.1 Å². The van der Waals surface area contributed by atoms with Crippen molar-refractivity contribution in [1.82, 2.24) is 0 Å². The molecule has 0 spiro atoms. The summed E-state index contributed by atoms with van der Waals surface area (Å²) in [5, 5.41) is 0.558. The average Bonchev–Trinajstić information content (AvgIpc) is 2.40. The van der Waals surface area contributed by atoms with Crippen LogP contribution >= 0.6 is 0 Å². The quantitative estimate of drug-likeness (QED) is 0.756. The molecule has 2 aromatic rings. The van der Waals surface area contributed by atoms with Gasteiger partial charge in [0, 0.05) is 0 Å². The largest absolute Gasteiger partial charge is 0.464 e. The molecule has 0 radical (unpaired) electrons. The summed E-state index contributed by atoms with van der Waals surface area (Å²) in [6.45, 7) is 1.22. The topological polar surface area (TPSA) is 48.7 Å². The zero-order chi connectivity index (χ0) is 11.7. The predicted molar refractivity (Wildman–Crippen MR) is 61.7 cm³/mol. The van der Waals surface area contributed by atoms with Gasteiger partial charge in [0.1, 0.15) is 11.8 Å². The van der Waals surface area contributed by atoms with Crippen molar-refractivity contribution < 1.29 is 13.9 Å². The van der Waals surface area contributed by atoms with Crippen molar-refractivity contribution in [3.8, 4) is 0 Å². The van der Waals surface area contributed by atoms with Gasteiger partial charge in [0.05, 0.1) is 24.2 Å². The Kier molecular flexibility index (Phi) is 2.66. The Morgan fingerprint density at radius 1 is 1.12 bits per heavy atom. The van der Waals surface area contributed by atoms with Crippen LogP contribution in [-0.4, -0.2) is 13.2 Å². The molecule has 0 atom stereocenters. The fourth-order valence-corrected chi connectivity index (χ4v) is 1.92. The second-order valence-corrected chi connectivity index (χ2v) is 3.94. The summed E-state index contributed by atoms with van der Waals surface area (Å²) in [7, 11) is 0. The van der Waals surface area contributed by atoms with Gasteiger partial charge in [-0.05, 0) is 18.6 Å². The summed E-state index contributed by atoms with van der Waals surface area (Å²) >= 11 is 0. The fraction of sp³-hybridized carbons (Fsp3) is 0.308.